The predicted octanol–water partition coefficient (Wildman–Crippen LogP) is 2.53. The minimum absolute atomic E-state index is 0.452. The Morgan fingerprint density at radius 1 is 1.32 bits per heavy atom. The second-order valence-corrected chi connectivity index (χ2v) is 5.82. The summed E-state index contributed by atoms with van der Waals surface area (Å²) < 4.78 is 2.25. The van der Waals surface area contributed by atoms with E-state index < -0.39 is 0 Å². The van der Waals surface area contributed by atoms with Crippen LogP contribution in [0.2, 0.25) is 0 Å². The van der Waals surface area contributed by atoms with Gasteiger partial charge in [-0.1, -0.05) is 18.2 Å². The fourth-order valence-corrected chi connectivity index (χ4v) is 3.44. The highest BCUT2D eigenvalue weighted by Crippen LogP contribution is 2.33. The third-order valence-electron chi connectivity index (χ3n) is 4.28. The molecule has 2 heterocycles. The van der Waals surface area contributed by atoms with E-state index in [4.69, 9.17) is 0 Å². The van der Waals surface area contributed by atoms with Gasteiger partial charge in [0.25, 0.3) is 0 Å². The number of para-hydroxylation sites is 1. The molecule has 0 amide bonds. The number of rotatable bonds is 3. The quantitative estimate of drug-likeness (QED) is 0.912. The number of hydrogen-bond donors (Lipinski definition) is 1. The first-order valence-electron chi connectivity index (χ1n) is 7.12. The van der Waals surface area contributed by atoms with Crippen molar-refractivity contribution in [1.82, 2.24) is 14.8 Å². The van der Waals surface area contributed by atoms with Crippen molar-refractivity contribution in [2.45, 2.75) is 24.9 Å². The number of nitrogens with one attached hydrogen (secondary N) is 1. The van der Waals surface area contributed by atoms with Gasteiger partial charge < -0.3 is 14.8 Å². The Kier molecular flexibility index (Phi) is 3.33. The molecule has 1 aliphatic heterocycles. The van der Waals surface area contributed by atoms with E-state index in [1.165, 1.54) is 29.3 Å². The molecule has 0 saturated carbocycles. The minimum Gasteiger partial charge on any atom is -0.350 e. The molecule has 1 fully saturated rings. The van der Waals surface area contributed by atoms with Crippen LogP contribution in [0.1, 0.15) is 24.4 Å². The molecule has 102 valence electrons. The summed E-state index contributed by atoms with van der Waals surface area (Å²) in [5, 5.41) is 5.05. The molecule has 3 nitrogen and oxygen atoms in total. The Balaban J connectivity index is 2.09. The maximum Gasteiger partial charge on any atom is 0.0517 e. The molecular formula is C16H23N3. The maximum atomic E-state index is 3.66. The van der Waals surface area contributed by atoms with Gasteiger partial charge in [0.2, 0.25) is 0 Å². The van der Waals surface area contributed by atoms with E-state index in [0.29, 0.717) is 12.1 Å². The van der Waals surface area contributed by atoms with E-state index in [-0.39, 0.29) is 0 Å². The van der Waals surface area contributed by atoms with Crippen LogP contribution in [0.4, 0.5) is 0 Å². The smallest absolute Gasteiger partial charge is 0.0517 e. The normalized spacial score (nSPS) is 21.4. The van der Waals surface area contributed by atoms with Gasteiger partial charge >= 0.3 is 0 Å². The Morgan fingerprint density at radius 2 is 2.11 bits per heavy atom. The lowest BCUT2D eigenvalue weighted by atomic mass is 9.96. The lowest BCUT2D eigenvalue weighted by Crippen LogP contribution is -2.37. The SMILES string of the molecule is CN(C)C(c1cn(C)c2ccccc12)C1CCCN1. The summed E-state index contributed by atoms with van der Waals surface area (Å²) in [5.74, 6) is 0. The number of fused-ring (bicyclic) bond motifs is 1. The average Bonchev–Trinajstić information content (AvgIpc) is 3.00. The van der Waals surface area contributed by atoms with Gasteiger partial charge in [0.1, 0.15) is 0 Å². The van der Waals surface area contributed by atoms with Crippen molar-refractivity contribution in [3.8, 4) is 0 Å². The van der Waals surface area contributed by atoms with E-state index in [1.54, 1.807) is 0 Å². The molecule has 1 aliphatic rings. The van der Waals surface area contributed by atoms with E-state index in [2.05, 4.69) is 66.4 Å². The number of likely N-dealkylation sites (N-methyl/N-ethyl adjacent to an activating group) is 1. The summed E-state index contributed by atoms with van der Waals surface area (Å²) in [6.45, 7) is 1.15. The minimum atomic E-state index is 0.452. The molecule has 3 heteroatoms. The highest BCUT2D eigenvalue weighted by atomic mass is 15.2. The summed E-state index contributed by atoms with van der Waals surface area (Å²) in [6.07, 6.45) is 4.86. The zero-order valence-corrected chi connectivity index (χ0v) is 12.1. The third-order valence-corrected chi connectivity index (χ3v) is 4.28. The molecule has 19 heavy (non-hydrogen) atoms. The van der Waals surface area contributed by atoms with Gasteiger partial charge in [-0.15, -0.1) is 0 Å². The lowest BCUT2D eigenvalue weighted by molar-refractivity contribution is 0.245. The zero-order chi connectivity index (χ0) is 13.4. The van der Waals surface area contributed by atoms with Crippen molar-refractivity contribution in [2.75, 3.05) is 20.6 Å². The van der Waals surface area contributed by atoms with Crippen LogP contribution in [-0.4, -0.2) is 36.1 Å². The largest absolute Gasteiger partial charge is 0.350 e. The molecule has 0 radical (unpaired) electrons. The standard InChI is InChI=1S/C16H23N3/c1-18(2)16(14-8-6-10-17-14)13-11-19(3)15-9-5-4-7-12(13)15/h4-5,7,9,11,14,16-17H,6,8,10H2,1-3H3. The Morgan fingerprint density at radius 3 is 2.79 bits per heavy atom. The van der Waals surface area contributed by atoms with Crippen molar-refractivity contribution >= 4 is 10.9 Å². The van der Waals surface area contributed by atoms with E-state index in [0.717, 1.165) is 6.54 Å². The molecule has 1 saturated heterocycles. The van der Waals surface area contributed by atoms with Crippen LogP contribution in [-0.2, 0) is 7.05 Å². The van der Waals surface area contributed by atoms with Crippen molar-refractivity contribution in [2.24, 2.45) is 7.05 Å². The van der Waals surface area contributed by atoms with E-state index >= 15 is 0 Å². The van der Waals surface area contributed by atoms with Gasteiger partial charge in [-0.25, -0.2) is 0 Å². The van der Waals surface area contributed by atoms with Crippen molar-refractivity contribution in [3.05, 3.63) is 36.0 Å². The van der Waals surface area contributed by atoms with Crippen LogP contribution >= 0.6 is 0 Å². The first-order chi connectivity index (χ1) is 9.18. The molecule has 2 unspecified atom stereocenters. The molecule has 2 aromatic rings. The van der Waals surface area contributed by atoms with Crippen LogP contribution in [0, 0.1) is 0 Å². The monoisotopic (exact) mass is 257 g/mol. The predicted molar refractivity (Wildman–Crippen MR) is 80.4 cm³/mol. The second kappa shape index (κ2) is 4.99. The van der Waals surface area contributed by atoms with Gasteiger partial charge in [0, 0.05) is 30.2 Å². The first-order valence-corrected chi connectivity index (χ1v) is 7.12. The number of aromatic nitrogens is 1. The number of aryl methyl sites for hydroxylation is 1. The molecule has 3 rings (SSSR count). The Labute approximate surface area is 115 Å². The highest BCUT2D eigenvalue weighted by molar-refractivity contribution is 5.84. The Bertz CT molecular complexity index is 564. The number of hydrogen-bond acceptors (Lipinski definition) is 2. The van der Waals surface area contributed by atoms with Crippen molar-refractivity contribution < 1.29 is 0 Å². The van der Waals surface area contributed by atoms with Gasteiger partial charge in [0.15, 0.2) is 0 Å². The molecule has 1 aromatic heterocycles. The molecule has 0 aliphatic carbocycles. The fourth-order valence-electron chi connectivity index (χ4n) is 3.44. The first kappa shape index (κ1) is 12.7. The van der Waals surface area contributed by atoms with Crippen LogP contribution in [0.25, 0.3) is 10.9 Å². The zero-order valence-electron chi connectivity index (χ0n) is 12.1. The number of nitrogens with zero attached hydrogens (tertiary/aromatic N) is 2. The molecule has 1 N–H and O–H groups in total. The molecule has 2 atom stereocenters. The molecular weight excluding hydrogens is 234 g/mol. The van der Waals surface area contributed by atoms with Crippen LogP contribution in [0.5, 0.6) is 0 Å². The Hall–Kier alpha value is -1.32. The van der Waals surface area contributed by atoms with Crippen LogP contribution < -0.4 is 5.32 Å². The van der Waals surface area contributed by atoms with Crippen molar-refractivity contribution in [1.29, 1.82) is 0 Å². The molecule has 0 bridgehead atoms. The summed E-state index contributed by atoms with van der Waals surface area (Å²) in [7, 11) is 6.51. The van der Waals surface area contributed by atoms with Gasteiger partial charge in [-0.2, -0.15) is 0 Å². The second-order valence-electron chi connectivity index (χ2n) is 5.82. The maximum absolute atomic E-state index is 3.66. The van der Waals surface area contributed by atoms with E-state index in [1.807, 2.05) is 0 Å². The van der Waals surface area contributed by atoms with E-state index in [9.17, 15) is 0 Å². The third kappa shape index (κ3) is 2.17. The van der Waals surface area contributed by atoms with Crippen molar-refractivity contribution in [3.63, 3.8) is 0 Å². The summed E-state index contributed by atoms with van der Waals surface area (Å²) >= 11 is 0. The van der Waals surface area contributed by atoms with Gasteiger partial charge in [0.05, 0.1) is 6.04 Å². The van der Waals surface area contributed by atoms with Gasteiger partial charge in [-0.05, 0) is 45.1 Å². The summed E-state index contributed by atoms with van der Waals surface area (Å²) in [5.41, 5.74) is 2.77. The summed E-state index contributed by atoms with van der Waals surface area (Å²) in [6, 6.07) is 9.73. The van der Waals surface area contributed by atoms with Crippen LogP contribution in [0.15, 0.2) is 30.5 Å². The molecule has 0 spiro atoms. The summed E-state index contributed by atoms with van der Waals surface area (Å²) in [4.78, 5) is 2.35. The fraction of sp³-hybridized carbons (Fsp3) is 0.500. The average molecular weight is 257 g/mol. The lowest BCUT2D eigenvalue weighted by Gasteiger charge is -2.30. The highest BCUT2D eigenvalue weighted by Gasteiger charge is 2.29. The number of benzene rings is 1. The molecule has 1 aromatic carbocycles. The topological polar surface area (TPSA) is 20.2 Å². The van der Waals surface area contributed by atoms with Crippen LogP contribution in [0.3, 0.4) is 0 Å². The van der Waals surface area contributed by atoms with Gasteiger partial charge in [-0.3, -0.25) is 0 Å².